The van der Waals surface area contributed by atoms with Crippen LogP contribution in [0.3, 0.4) is 0 Å². The molecule has 0 aromatic carbocycles. The normalized spacial score (nSPS) is 11.6. The number of carbonyl (C=O) groups excluding carboxylic acids is 2. The number of aliphatic hydroxyl groups is 1. The molecule has 0 bridgehead atoms. The summed E-state index contributed by atoms with van der Waals surface area (Å²) in [6, 6.07) is 0. The first-order chi connectivity index (χ1) is 33.5. The Hall–Kier alpha value is -1.14. The van der Waals surface area contributed by atoms with E-state index in [1.807, 2.05) is 0 Å². The number of carbonyl (C=O) groups is 2. The summed E-state index contributed by atoms with van der Waals surface area (Å²) in [4.78, 5) is 33.9. The minimum Gasteiger partial charge on any atom is -0.396 e. The molecule has 0 atom stereocenters. The molecule has 6 nitrogen and oxygen atoms in total. The monoisotopic (exact) mass is 960 g/mol. The van der Waals surface area contributed by atoms with Crippen LogP contribution < -0.4 is 0 Å². The first-order valence-corrected chi connectivity index (χ1v) is 31.4. The molecule has 0 rings (SSSR count). The fraction of sp³-hybridized carbons (Fsp3) is 0.968. The number of unbranched alkanes of at least 4 members (excludes halogenated alkanes) is 39. The molecule has 0 saturated carbocycles. The fourth-order valence-electron chi connectivity index (χ4n) is 10.2. The maximum absolute atomic E-state index is 13.4. The minimum atomic E-state index is 0.296. The van der Waals surface area contributed by atoms with Crippen molar-refractivity contribution in [1.82, 2.24) is 14.7 Å². The number of hydrogen-bond acceptors (Lipinski definition) is 4. The van der Waals surface area contributed by atoms with Gasteiger partial charge < -0.3 is 19.8 Å². The maximum atomic E-state index is 13.4. The quantitative estimate of drug-likeness (QED) is 0.0617. The SMILES string of the molecule is CCCCCCCCCCN(CCCCCCCCCC)C(=O)CCCCCCCCCN(CCCCO)CCCCCCCC(=O)N(CCCCCCCCCC)CCCCCCCCCC. The number of hydrogen-bond donors (Lipinski definition) is 1. The first-order valence-electron chi connectivity index (χ1n) is 31.4. The summed E-state index contributed by atoms with van der Waals surface area (Å²) < 4.78 is 0. The van der Waals surface area contributed by atoms with Crippen LogP contribution in [0, 0.1) is 0 Å². The van der Waals surface area contributed by atoms with Crippen molar-refractivity contribution in [2.45, 2.75) is 336 Å². The standard InChI is InChI=1S/C62H125N3O3/c1-5-9-13-17-21-28-37-45-56-64(57-46-38-29-22-18-14-10-6-2)61(67)51-41-33-26-25-27-35-43-53-63(55-49-50-60-66)54-44-36-32-34-42-52-62(68)65(58-47-39-30-23-19-15-11-7-3)59-48-40-31-24-20-16-12-8-4/h66H,5-60H2,1-4H3. The van der Waals surface area contributed by atoms with Gasteiger partial charge in [-0.05, 0) is 83.8 Å². The molecule has 0 aliphatic heterocycles. The Bertz CT molecular complexity index is 952. The Morgan fingerprint density at radius 2 is 0.441 bits per heavy atom. The Balaban J connectivity index is 4.46. The van der Waals surface area contributed by atoms with Crippen LogP contribution >= 0.6 is 0 Å². The number of amides is 2. The van der Waals surface area contributed by atoms with Gasteiger partial charge >= 0.3 is 0 Å². The second-order valence-electron chi connectivity index (χ2n) is 21.7. The lowest BCUT2D eigenvalue weighted by Gasteiger charge is -2.23. The van der Waals surface area contributed by atoms with E-state index in [1.54, 1.807) is 0 Å². The van der Waals surface area contributed by atoms with E-state index < -0.39 is 0 Å². The van der Waals surface area contributed by atoms with E-state index in [0.717, 1.165) is 71.2 Å². The van der Waals surface area contributed by atoms with Crippen molar-refractivity contribution in [1.29, 1.82) is 0 Å². The number of rotatable bonds is 58. The molecule has 0 aliphatic rings. The zero-order valence-corrected chi connectivity index (χ0v) is 47.2. The fourth-order valence-corrected chi connectivity index (χ4v) is 10.2. The van der Waals surface area contributed by atoms with Gasteiger partial charge in [0.15, 0.2) is 0 Å². The van der Waals surface area contributed by atoms with Gasteiger partial charge in [0.05, 0.1) is 0 Å². The van der Waals surface area contributed by atoms with Crippen LogP contribution in [0.4, 0.5) is 0 Å². The van der Waals surface area contributed by atoms with Gasteiger partial charge in [0.2, 0.25) is 11.8 Å². The molecule has 406 valence electrons. The molecular formula is C62H125N3O3. The van der Waals surface area contributed by atoms with Gasteiger partial charge in [0.1, 0.15) is 0 Å². The topological polar surface area (TPSA) is 64.1 Å². The van der Waals surface area contributed by atoms with E-state index in [1.165, 1.54) is 283 Å². The van der Waals surface area contributed by atoms with Gasteiger partial charge in [-0.3, -0.25) is 9.59 Å². The van der Waals surface area contributed by atoms with Crippen LogP contribution in [-0.2, 0) is 9.59 Å². The molecule has 0 aliphatic carbocycles. The minimum absolute atomic E-state index is 0.296. The van der Waals surface area contributed by atoms with Crippen molar-refractivity contribution in [3.63, 3.8) is 0 Å². The molecule has 0 saturated heterocycles. The predicted molar refractivity (Wildman–Crippen MR) is 301 cm³/mol. The maximum Gasteiger partial charge on any atom is 0.222 e. The number of nitrogens with zero attached hydrogens (tertiary/aromatic N) is 3. The Kier molecular flexibility index (Phi) is 55.8. The highest BCUT2D eigenvalue weighted by molar-refractivity contribution is 5.76. The molecule has 68 heavy (non-hydrogen) atoms. The molecule has 0 radical (unpaired) electrons. The van der Waals surface area contributed by atoms with Crippen LogP contribution in [0.5, 0.6) is 0 Å². The van der Waals surface area contributed by atoms with Crippen LogP contribution in [-0.4, -0.2) is 84.0 Å². The first kappa shape index (κ1) is 66.9. The van der Waals surface area contributed by atoms with Crippen LogP contribution in [0.1, 0.15) is 336 Å². The highest BCUT2D eigenvalue weighted by Crippen LogP contribution is 2.17. The van der Waals surface area contributed by atoms with Gasteiger partial charge in [-0.2, -0.15) is 0 Å². The van der Waals surface area contributed by atoms with Crippen molar-refractivity contribution >= 4 is 11.8 Å². The van der Waals surface area contributed by atoms with Crippen molar-refractivity contribution < 1.29 is 14.7 Å². The third-order valence-electron chi connectivity index (χ3n) is 14.9. The summed E-state index contributed by atoms with van der Waals surface area (Å²) in [7, 11) is 0. The molecule has 0 heterocycles. The van der Waals surface area contributed by atoms with E-state index in [0.29, 0.717) is 18.4 Å². The van der Waals surface area contributed by atoms with E-state index in [2.05, 4.69) is 42.4 Å². The van der Waals surface area contributed by atoms with Gasteiger partial charge in [-0.1, -0.05) is 259 Å². The molecular weight excluding hydrogens is 835 g/mol. The lowest BCUT2D eigenvalue weighted by atomic mass is 10.1. The van der Waals surface area contributed by atoms with Crippen molar-refractivity contribution in [3.05, 3.63) is 0 Å². The highest BCUT2D eigenvalue weighted by Gasteiger charge is 2.14. The summed E-state index contributed by atoms with van der Waals surface area (Å²) in [6.45, 7) is 16.8. The van der Waals surface area contributed by atoms with E-state index >= 15 is 0 Å². The molecule has 6 heteroatoms. The Labute approximate surface area is 427 Å². The predicted octanol–water partition coefficient (Wildman–Crippen LogP) is 18.7. The third kappa shape index (κ3) is 48.5. The van der Waals surface area contributed by atoms with Gasteiger partial charge in [-0.25, -0.2) is 0 Å². The van der Waals surface area contributed by atoms with E-state index in [-0.39, 0.29) is 0 Å². The Morgan fingerprint density at radius 1 is 0.250 bits per heavy atom. The Morgan fingerprint density at radius 3 is 0.676 bits per heavy atom. The van der Waals surface area contributed by atoms with Crippen molar-refractivity contribution in [2.24, 2.45) is 0 Å². The average Bonchev–Trinajstić information content (AvgIpc) is 3.34. The van der Waals surface area contributed by atoms with Crippen molar-refractivity contribution in [3.8, 4) is 0 Å². The highest BCUT2D eigenvalue weighted by atomic mass is 16.3. The van der Waals surface area contributed by atoms with Crippen LogP contribution in [0.25, 0.3) is 0 Å². The molecule has 2 amide bonds. The largest absolute Gasteiger partial charge is 0.396 e. The summed E-state index contributed by atoms with van der Waals surface area (Å²) in [5.41, 5.74) is 0. The summed E-state index contributed by atoms with van der Waals surface area (Å²) in [6.07, 6.45) is 60.4. The molecule has 0 spiro atoms. The zero-order valence-electron chi connectivity index (χ0n) is 47.2. The summed E-state index contributed by atoms with van der Waals surface area (Å²) in [5.74, 6) is 0.833. The van der Waals surface area contributed by atoms with Gasteiger partial charge in [0.25, 0.3) is 0 Å². The molecule has 0 aromatic rings. The summed E-state index contributed by atoms with van der Waals surface area (Å²) in [5, 5.41) is 9.43. The lowest BCUT2D eigenvalue weighted by Crippen LogP contribution is -2.32. The third-order valence-corrected chi connectivity index (χ3v) is 14.9. The lowest BCUT2D eigenvalue weighted by molar-refractivity contribution is -0.132. The molecule has 1 N–H and O–H groups in total. The molecule has 0 aromatic heterocycles. The molecule has 0 fully saturated rings. The average molecular weight is 961 g/mol. The second-order valence-corrected chi connectivity index (χ2v) is 21.7. The van der Waals surface area contributed by atoms with E-state index in [9.17, 15) is 14.7 Å². The summed E-state index contributed by atoms with van der Waals surface area (Å²) >= 11 is 0. The second kappa shape index (κ2) is 56.8. The van der Waals surface area contributed by atoms with Crippen molar-refractivity contribution in [2.75, 3.05) is 52.4 Å². The van der Waals surface area contributed by atoms with Crippen LogP contribution in [0.2, 0.25) is 0 Å². The van der Waals surface area contributed by atoms with Gasteiger partial charge in [-0.15, -0.1) is 0 Å². The van der Waals surface area contributed by atoms with E-state index in [4.69, 9.17) is 0 Å². The zero-order chi connectivity index (χ0) is 49.5. The number of aliphatic hydroxyl groups excluding tert-OH is 1. The smallest absolute Gasteiger partial charge is 0.222 e. The molecule has 0 unspecified atom stereocenters. The van der Waals surface area contributed by atoms with Crippen LogP contribution in [0.15, 0.2) is 0 Å². The van der Waals surface area contributed by atoms with Gasteiger partial charge in [0, 0.05) is 45.6 Å².